The first kappa shape index (κ1) is 11.3. The zero-order valence-electron chi connectivity index (χ0n) is 7.45. The molecule has 0 unspecified atom stereocenters. The number of para-hydroxylation sites is 1. The Labute approximate surface area is 84.5 Å². The minimum atomic E-state index is -0.0730. The molecule has 2 nitrogen and oxygen atoms in total. The van der Waals surface area contributed by atoms with E-state index in [1.165, 1.54) is 0 Å². The molecule has 12 heavy (non-hydrogen) atoms. The van der Waals surface area contributed by atoms with Gasteiger partial charge in [-0.1, -0.05) is 37.3 Å². The van der Waals surface area contributed by atoms with Gasteiger partial charge in [-0.2, -0.15) is 0 Å². The van der Waals surface area contributed by atoms with Crippen molar-refractivity contribution in [2.24, 2.45) is 0 Å². The number of carbonyl (C=O) groups excluding carboxylic acids is 1. The molecule has 0 heterocycles. The van der Waals surface area contributed by atoms with Gasteiger partial charge in [-0.15, -0.1) is 5.69 Å². The van der Waals surface area contributed by atoms with Crippen LogP contribution in [0.25, 0.3) is 5.32 Å². The van der Waals surface area contributed by atoms with Crippen LogP contribution in [-0.2, 0) is 4.79 Å². The molecule has 0 aliphatic heterocycles. The zero-order valence-corrected chi connectivity index (χ0v) is 7.45. The van der Waals surface area contributed by atoms with Gasteiger partial charge in [0.15, 0.2) is 0 Å². The summed E-state index contributed by atoms with van der Waals surface area (Å²) in [4.78, 5) is 10.8. The molecule has 0 radical (unpaired) electrons. The third kappa shape index (κ3) is 3.61. The fraction of sp³-hybridized carbons (Fsp3) is 0.222. The Balaban J connectivity index is 0.00000121. The molecule has 0 saturated carbocycles. The number of nitrogens with zero attached hydrogens (tertiary/aromatic N) is 1. The van der Waals surface area contributed by atoms with Crippen LogP contribution in [0.2, 0.25) is 0 Å². The van der Waals surface area contributed by atoms with Gasteiger partial charge in [-0.05, 0) is 6.42 Å². The Kier molecular flexibility index (Phi) is 5.53. The smallest absolute Gasteiger partial charge is 0.627 e. The van der Waals surface area contributed by atoms with E-state index in [0.29, 0.717) is 6.42 Å². The summed E-state index contributed by atoms with van der Waals surface area (Å²) in [6.45, 7) is 1.80. The Hall–Kier alpha value is -0.713. The standard InChI is InChI=1S/C9H11NO.Li/c1-2-9(11)10-8-6-4-3-5-7-8;/h3-7H,2H2,1H3,(H,10,11);/q;+1/p-1. The van der Waals surface area contributed by atoms with Gasteiger partial charge in [0.2, 0.25) is 0 Å². The minimum absolute atomic E-state index is 0. The van der Waals surface area contributed by atoms with Crippen LogP contribution >= 0.6 is 0 Å². The second kappa shape index (κ2) is 5.88. The minimum Gasteiger partial charge on any atom is -0.627 e. The van der Waals surface area contributed by atoms with Gasteiger partial charge in [0.05, 0.1) is 5.91 Å². The summed E-state index contributed by atoms with van der Waals surface area (Å²) >= 11 is 0. The number of hydrogen-bond donors (Lipinski definition) is 0. The second-order valence-corrected chi connectivity index (χ2v) is 2.19. The monoisotopic (exact) mass is 155 g/mol. The zero-order chi connectivity index (χ0) is 8.10. The summed E-state index contributed by atoms with van der Waals surface area (Å²) < 4.78 is 0. The van der Waals surface area contributed by atoms with E-state index in [9.17, 15) is 4.79 Å². The molecule has 0 bridgehead atoms. The largest absolute Gasteiger partial charge is 1.00 e. The van der Waals surface area contributed by atoms with Crippen molar-refractivity contribution in [1.82, 2.24) is 0 Å². The average Bonchev–Trinajstić information content (AvgIpc) is 2.06. The molecule has 0 aliphatic rings. The van der Waals surface area contributed by atoms with Crippen LogP contribution in [0.15, 0.2) is 30.3 Å². The summed E-state index contributed by atoms with van der Waals surface area (Å²) in [5.41, 5.74) is 0.736. The van der Waals surface area contributed by atoms with Crippen molar-refractivity contribution in [3.05, 3.63) is 35.6 Å². The first-order chi connectivity index (χ1) is 5.33. The third-order valence-corrected chi connectivity index (χ3v) is 1.31. The van der Waals surface area contributed by atoms with Crippen molar-refractivity contribution in [2.75, 3.05) is 0 Å². The maximum Gasteiger partial charge on any atom is 1.00 e. The Morgan fingerprint density at radius 3 is 2.42 bits per heavy atom. The van der Waals surface area contributed by atoms with Crippen LogP contribution in [0.5, 0.6) is 0 Å². The van der Waals surface area contributed by atoms with Gasteiger partial charge in [0.25, 0.3) is 0 Å². The molecule has 0 aliphatic carbocycles. The van der Waals surface area contributed by atoms with E-state index in [1.807, 2.05) is 30.3 Å². The van der Waals surface area contributed by atoms with Gasteiger partial charge >= 0.3 is 18.9 Å². The second-order valence-electron chi connectivity index (χ2n) is 2.19. The van der Waals surface area contributed by atoms with Crippen LogP contribution in [-0.4, -0.2) is 5.91 Å². The van der Waals surface area contributed by atoms with E-state index in [-0.39, 0.29) is 24.8 Å². The predicted octanol–water partition coefficient (Wildman–Crippen LogP) is -0.368. The molecule has 3 heteroatoms. The number of benzene rings is 1. The first-order valence-corrected chi connectivity index (χ1v) is 3.62. The predicted molar refractivity (Wildman–Crippen MR) is 44.8 cm³/mol. The van der Waals surface area contributed by atoms with Crippen molar-refractivity contribution >= 4 is 11.6 Å². The maximum absolute atomic E-state index is 10.8. The summed E-state index contributed by atoms with van der Waals surface area (Å²) in [5, 5.41) is 3.84. The molecular formula is C9H10LiNO. The van der Waals surface area contributed by atoms with Crippen molar-refractivity contribution in [1.29, 1.82) is 0 Å². The van der Waals surface area contributed by atoms with Crippen LogP contribution in [0.4, 0.5) is 5.69 Å². The first-order valence-electron chi connectivity index (χ1n) is 3.62. The fourth-order valence-electron chi connectivity index (χ4n) is 0.726. The molecule has 58 valence electrons. The van der Waals surface area contributed by atoms with Crippen LogP contribution in [0.3, 0.4) is 0 Å². The van der Waals surface area contributed by atoms with Crippen LogP contribution < -0.4 is 18.9 Å². The number of rotatable bonds is 2. The van der Waals surface area contributed by atoms with E-state index in [1.54, 1.807) is 6.92 Å². The van der Waals surface area contributed by atoms with Gasteiger partial charge in [0, 0.05) is 0 Å². The number of hydrogen-bond acceptors (Lipinski definition) is 1. The Morgan fingerprint density at radius 1 is 1.33 bits per heavy atom. The Bertz CT molecular complexity index is 236. The van der Waals surface area contributed by atoms with Crippen molar-refractivity contribution in [3.63, 3.8) is 0 Å². The molecule has 1 aromatic rings. The van der Waals surface area contributed by atoms with Crippen LogP contribution in [0, 0.1) is 0 Å². The average molecular weight is 155 g/mol. The molecule has 0 fully saturated rings. The summed E-state index contributed by atoms with van der Waals surface area (Å²) in [7, 11) is 0. The molecule has 0 atom stereocenters. The van der Waals surface area contributed by atoms with Crippen molar-refractivity contribution < 1.29 is 23.7 Å². The van der Waals surface area contributed by atoms with Gasteiger partial charge < -0.3 is 10.1 Å². The van der Waals surface area contributed by atoms with Crippen molar-refractivity contribution in [2.45, 2.75) is 13.3 Å². The molecular weight excluding hydrogens is 145 g/mol. The molecule has 0 N–H and O–H groups in total. The molecule has 0 spiro atoms. The van der Waals surface area contributed by atoms with E-state index < -0.39 is 0 Å². The number of amides is 1. The van der Waals surface area contributed by atoms with Gasteiger partial charge in [0.1, 0.15) is 0 Å². The van der Waals surface area contributed by atoms with E-state index >= 15 is 0 Å². The van der Waals surface area contributed by atoms with Crippen LogP contribution in [0.1, 0.15) is 13.3 Å². The van der Waals surface area contributed by atoms with Gasteiger partial charge in [-0.3, -0.25) is 0 Å². The normalized spacial score (nSPS) is 8.42. The van der Waals surface area contributed by atoms with E-state index in [2.05, 4.69) is 5.32 Å². The summed E-state index contributed by atoms with van der Waals surface area (Å²) in [6.07, 6.45) is 0.467. The third-order valence-electron chi connectivity index (χ3n) is 1.31. The Morgan fingerprint density at radius 2 is 1.92 bits per heavy atom. The quantitative estimate of drug-likeness (QED) is 0.536. The molecule has 0 saturated heterocycles. The molecule has 0 aromatic heterocycles. The van der Waals surface area contributed by atoms with E-state index in [4.69, 9.17) is 0 Å². The summed E-state index contributed by atoms with van der Waals surface area (Å²) in [5.74, 6) is -0.0730. The molecule has 1 rings (SSSR count). The SMILES string of the molecule is CCC(=O)[N-]c1ccccc1.[Li+]. The molecule has 1 amide bonds. The topological polar surface area (TPSA) is 31.2 Å². The fourth-order valence-corrected chi connectivity index (χ4v) is 0.726. The summed E-state index contributed by atoms with van der Waals surface area (Å²) in [6, 6.07) is 9.25. The van der Waals surface area contributed by atoms with Gasteiger partial charge in [-0.25, -0.2) is 0 Å². The maximum atomic E-state index is 10.8. The number of carbonyl (C=O) groups is 1. The van der Waals surface area contributed by atoms with E-state index in [0.717, 1.165) is 5.69 Å². The molecule has 1 aromatic carbocycles. The van der Waals surface area contributed by atoms with Crippen molar-refractivity contribution in [3.8, 4) is 0 Å².